The fourth-order valence-corrected chi connectivity index (χ4v) is 8.34. The van der Waals surface area contributed by atoms with Crippen LogP contribution < -0.4 is 9.80 Å². The van der Waals surface area contributed by atoms with Gasteiger partial charge in [-0.15, -0.1) is 0 Å². The van der Waals surface area contributed by atoms with Crippen LogP contribution in [0.2, 0.25) is 5.02 Å². The summed E-state index contributed by atoms with van der Waals surface area (Å²) in [4.78, 5) is 8.59. The standard InChI is InChI=1S/C16H20N2.C13H20N2.C13H17N.C12H14ClN/c1-15(2,3)18-11-13(16(4,5)17-6)12-9-7-8-10-14(12)18;1-13(2,3)15-10-9-14(4)11-7-5-6-8-12(11)15;1-10-9-14(13(2,3)4)12-8-6-5-7-11(10)12;1-12(2,3)14-8-7-9-10(13)5-4-6-11(9)14/h7-11H,1-5H3;5-8H,9-10H2,1-4H3;5-9H,1-4H3;4-8H,1-3H3. The van der Waals surface area contributed by atoms with Crippen LogP contribution in [0.1, 0.15) is 108 Å². The normalized spacial score (nSPS) is 13.4. The summed E-state index contributed by atoms with van der Waals surface area (Å²) in [7, 11) is 2.17. The van der Waals surface area contributed by atoms with E-state index < -0.39 is 5.54 Å². The first-order chi connectivity index (χ1) is 28.3. The highest BCUT2D eigenvalue weighted by molar-refractivity contribution is 6.35. The quantitative estimate of drug-likeness (QED) is 0.154. The van der Waals surface area contributed by atoms with Crippen molar-refractivity contribution in [2.75, 3.05) is 29.9 Å². The number of aryl methyl sites for hydroxylation is 1. The van der Waals surface area contributed by atoms with E-state index in [1.165, 1.54) is 44.3 Å². The first-order valence-electron chi connectivity index (χ1n) is 21.7. The largest absolute Gasteiger partial charge is 0.371 e. The van der Waals surface area contributed by atoms with Crippen LogP contribution in [0.5, 0.6) is 0 Å². The van der Waals surface area contributed by atoms with Gasteiger partial charge in [-0.1, -0.05) is 66.2 Å². The van der Waals surface area contributed by atoms with Crippen LogP contribution in [-0.2, 0) is 22.2 Å². The van der Waals surface area contributed by atoms with Crippen LogP contribution in [0.4, 0.5) is 11.4 Å². The van der Waals surface area contributed by atoms with Gasteiger partial charge in [-0.2, -0.15) is 0 Å². The molecule has 0 bridgehead atoms. The molecule has 8 rings (SSSR count). The lowest BCUT2D eigenvalue weighted by Crippen LogP contribution is -2.49. The Bertz CT molecular complexity index is 2610. The van der Waals surface area contributed by atoms with Crippen LogP contribution in [0, 0.1) is 13.5 Å². The third-order valence-corrected chi connectivity index (χ3v) is 11.8. The van der Waals surface area contributed by atoms with Gasteiger partial charge >= 0.3 is 0 Å². The molecule has 7 aromatic rings. The first-order valence-corrected chi connectivity index (χ1v) is 22.1. The van der Waals surface area contributed by atoms with Gasteiger partial charge in [0, 0.05) is 112 Å². The lowest BCUT2D eigenvalue weighted by Gasteiger charge is -2.44. The van der Waals surface area contributed by atoms with Crippen molar-refractivity contribution < 1.29 is 0 Å². The number of fused-ring (bicyclic) bond motifs is 4. The van der Waals surface area contributed by atoms with E-state index in [1.54, 1.807) is 0 Å². The van der Waals surface area contributed by atoms with Crippen LogP contribution in [-0.4, -0.2) is 39.4 Å². The van der Waals surface area contributed by atoms with E-state index in [0.717, 1.165) is 29.1 Å². The van der Waals surface area contributed by atoms with E-state index >= 15 is 0 Å². The van der Waals surface area contributed by atoms with Crippen LogP contribution in [0.15, 0.2) is 116 Å². The highest BCUT2D eigenvalue weighted by atomic mass is 35.5. The van der Waals surface area contributed by atoms with Crippen molar-refractivity contribution in [3.05, 3.63) is 143 Å². The number of aromatic nitrogens is 3. The lowest BCUT2D eigenvalue weighted by molar-refractivity contribution is 0.409. The summed E-state index contributed by atoms with van der Waals surface area (Å²) in [6.45, 7) is 42.4. The van der Waals surface area contributed by atoms with Gasteiger partial charge in [0.25, 0.3) is 5.54 Å². The zero-order chi connectivity index (χ0) is 45.3. The molecule has 0 atom stereocenters. The lowest BCUT2D eigenvalue weighted by atomic mass is 9.95. The Morgan fingerprint density at radius 3 is 1.54 bits per heavy atom. The van der Waals surface area contributed by atoms with Gasteiger partial charge < -0.3 is 28.3 Å². The second kappa shape index (κ2) is 17.7. The zero-order valence-corrected chi connectivity index (χ0v) is 40.7. The Hall–Kier alpha value is -5.12. The SMILES string of the molecule is CC(C)(C)n1ccc2c(Cl)cccc21.CN1CCN(C(C)(C)C)c2ccccc21.Cc1cn(C(C)(C)C)c2ccccc12.[C-]#[N+]C(C)(C)c1cn(C(C)(C)C)c2ccccc12. The molecule has 61 heavy (non-hydrogen) atoms. The van der Waals surface area contributed by atoms with E-state index in [-0.39, 0.29) is 22.2 Å². The molecule has 4 heterocycles. The van der Waals surface area contributed by atoms with E-state index in [0.29, 0.717) is 0 Å². The van der Waals surface area contributed by atoms with Crippen molar-refractivity contribution in [1.29, 1.82) is 0 Å². The molecule has 0 N–H and O–H groups in total. The maximum Gasteiger partial charge on any atom is 0.254 e. The molecule has 1 aliphatic rings. The van der Waals surface area contributed by atoms with E-state index in [1.807, 2.05) is 32.0 Å². The highest BCUT2D eigenvalue weighted by Crippen LogP contribution is 2.37. The maximum absolute atomic E-state index is 7.40. The third kappa shape index (κ3) is 10.5. The fourth-order valence-electron chi connectivity index (χ4n) is 8.11. The van der Waals surface area contributed by atoms with Crippen molar-refractivity contribution in [1.82, 2.24) is 13.7 Å². The van der Waals surface area contributed by atoms with Gasteiger partial charge in [0.05, 0.1) is 16.9 Å². The van der Waals surface area contributed by atoms with Crippen molar-refractivity contribution in [3.8, 4) is 0 Å². The summed E-state index contributed by atoms with van der Waals surface area (Å²) in [6, 6.07) is 33.7. The van der Waals surface area contributed by atoms with Crippen molar-refractivity contribution >= 4 is 55.7 Å². The second-order valence-corrected chi connectivity index (χ2v) is 21.3. The Balaban J connectivity index is 0.000000155. The Morgan fingerprint density at radius 2 is 0.984 bits per heavy atom. The van der Waals surface area contributed by atoms with Gasteiger partial charge in [0.1, 0.15) is 0 Å². The van der Waals surface area contributed by atoms with E-state index in [4.69, 9.17) is 18.2 Å². The minimum atomic E-state index is -0.476. The molecule has 4 aromatic carbocycles. The molecule has 0 fully saturated rings. The molecule has 0 unspecified atom stereocenters. The van der Waals surface area contributed by atoms with Crippen LogP contribution in [0.25, 0.3) is 37.6 Å². The maximum atomic E-state index is 7.40. The molecule has 0 radical (unpaired) electrons. The number of para-hydroxylation sites is 4. The van der Waals surface area contributed by atoms with Gasteiger partial charge in [0.2, 0.25) is 0 Å². The number of anilines is 2. The minimum Gasteiger partial charge on any atom is -0.371 e. The molecule has 0 spiro atoms. The topological polar surface area (TPSA) is 25.6 Å². The van der Waals surface area contributed by atoms with Gasteiger partial charge in [-0.05, 0) is 138 Å². The molecule has 7 heteroatoms. The molecule has 1 aliphatic heterocycles. The van der Waals surface area contributed by atoms with Gasteiger partial charge in [0.15, 0.2) is 0 Å². The second-order valence-electron chi connectivity index (χ2n) is 20.9. The zero-order valence-electron chi connectivity index (χ0n) is 39.9. The van der Waals surface area contributed by atoms with Gasteiger partial charge in [-0.3, -0.25) is 0 Å². The number of halogens is 1. The number of likely N-dealkylation sites (N-methyl/N-ethyl adjacent to an activating group) is 1. The fraction of sp³-hybridized carbons (Fsp3) is 0.426. The molecule has 6 nitrogen and oxygen atoms in total. The summed E-state index contributed by atoms with van der Waals surface area (Å²) in [5.41, 5.74) is 8.93. The molecule has 0 amide bonds. The average Bonchev–Trinajstić information content (AvgIpc) is 3.90. The van der Waals surface area contributed by atoms with Crippen molar-refractivity contribution in [3.63, 3.8) is 0 Å². The predicted molar refractivity (Wildman–Crippen MR) is 267 cm³/mol. The molecular formula is C54H71ClN6. The Kier molecular flexibility index (Phi) is 13.6. The molecule has 0 saturated carbocycles. The number of hydrogen-bond donors (Lipinski definition) is 0. The van der Waals surface area contributed by atoms with E-state index in [9.17, 15) is 0 Å². The monoisotopic (exact) mass is 839 g/mol. The molecule has 0 aliphatic carbocycles. The van der Waals surface area contributed by atoms with E-state index in [2.05, 4.69) is 223 Å². The summed E-state index contributed by atoms with van der Waals surface area (Å²) in [5.74, 6) is 0. The molecule has 3 aromatic heterocycles. The average molecular weight is 840 g/mol. The number of hydrogen-bond acceptors (Lipinski definition) is 2. The summed E-state index contributed by atoms with van der Waals surface area (Å²) < 4.78 is 6.86. The first kappa shape index (κ1) is 46.9. The van der Waals surface area contributed by atoms with Gasteiger partial charge in [-0.25, -0.2) is 6.57 Å². The van der Waals surface area contributed by atoms with Crippen LogP contribution >= 0.6 is 11.6 Å². The molecule has 324 valence electrons. The summed E-state index contributed by atoms with van der Waals surface area (Å²) in [5, 5.41) is 4.51. The predicted octanol–water partition coefficient (Wildman–Crippen LogP) is 15.0. The number of benzene rings is 4. The van der Waals surface area contributed by atoms with Crippen LogP contribution in [0.3, 0.4) is 0 Å². The highest BCUT2D eigenvalue weighted by Gasteiger charge is 2.32. The Morgan fingerprint density at radius 1 is 0.508 bits per heavy atom. The third-order valence-electron chi connectivity index (χ3n) is 11.5. The number of nitrogens with zero attached hydrogens (tertiary/aromatic N) is 6. The minimum absolute atomic E-state index is 0.0238. The Labute approximate surface area is 372 Å². The smallest absolute Gasteiger partial charge is 0.254 e. The molecular weight excluding hydrogens is 768 g/mol. The summed E-state index contributed by atoms with van der Waals surface area (Å²) in [6.07, 6.45) is 6.48. The van der Waals surface area contributed by atoms with Crippen molar-refractivity contribution in [2.45, 2.75) is 132 Å². The molecule has 0 saturated heterocycles. The summed E-state index contributed by atoms with van der Waals surface area (Å²) >= 11 is 6.11. The van der Waals surface area contributed by atoms with Crippen molar-refractivity contribution in [2.24, 2.45) is 0 Å². The number of rotatable bonds is 1.